The number of benzene rings is 1. The van der Waals surface area contributed by atoms with E-state index in [2.05, 4.69) is 4.72 Å². The Morgan fingerprint density at radius 2 is 2.11 bits per heavy atom. The summed E-state index contributed by atoms with van der Waals surface area (Å²) >= 11 is 0. The van der Waals surface area contributed by atoms with Crippen LogP contribution in [0.5, 0.6) is 0 Å². The van der Waals surface area contributed by atoms with Gasteiger partial charge in [0, 0.05) is 35.4 Å². The molecule has 0 saturated carbocycles. The normalized spacial score (nSPS) is 13.1. The molecular weight excluding hydrogens is 294 g/mol. The zero-order valence-electron chi connectivity index (χ0n) is 10.0. The second-order valence-corrected chi connectivity index (χ2v) is 6.97. The van der Waals surface area contributed by atoms with E-state index in [1.54, 1.807) is 0 Å². The quantitative estimate of drug-likeness (QED) is 0.426. The molecule has 0 aliphatic carbocycles. The average molecular weight is 307 g/mol. The number of sulfonamides is 1. The highest BCUT2D eigenvalue weighted by Gasteiger charge is 2.18. The van der Waals surface area contributed by atoms with Crippen LogP contribution in [0.1, 0.15) is 0 Å². The van der Waals surface area contributed by atoms with Gasteiger partial charge in [-0.15, -0.1) is 0 Å². The molecule has 10 heteroatoms. The van der Waals surface area contributed by atoms with Gasteiger partial charge in [-0.2, -0.15) is 0 Å². The van der Waals surface area contributed by atoms with E-state index in [9.17, 15) is 22.7 Å². The first-order valence-corrected chi connectivity index (χ1v) is 8.28. The molecule has 0 aliphatic rings. The molecule has 0 amide bonds. The highest BCUT2D eigenvalue weighted by atomic mass is 32.2. The maximum absolute atomic E-state index is 11.8. The summed E-state index contributed by atoms with van der Waals surface area (Å²) in [6, 6.07) is 3.14. The summed E-state index contributed by atoms with van der Waals surface area (Å²) in [5.74, 6) is 0.182. The lowest BCUT2D eigenvalue weighted by atomic mass is 10.3. The highest BCUT2D eigenvalue weighted by molar-refractivity contribution is 7.89. The van der Waals surface area contributed by atoms with Crippen LogP contribution in [-0.4, -0.2) is 36.1 Å². The molecule has 19 heavy (non-hydrogen) atoms. The Bertz CT molecular complexity index is 614. The maximum Gasteiger partial charge on any atom is 0.292 e. The Hall–Kier alpha value is -1.52. The number of nitrogens with one attached hydrogen (secondary N) is 1. The van der Waals surface area contributed by atoms with E-state index in [0.29, 0.717) is 0 Å². The number of nitro benzene ring substituents is 1. The van der Waals surface area contributed by atoms with Crippen LogP contribution in [0, 0.1) is 10.1 Å². The molecular formula is C9H13N3O5S2. The fourth-order valence-electron chi connectivity index (χ4n) is 1.27. The predicted octanol–water partition coefficient (Wildman–Crippen LogP) is -0.166. The van der Waals surface area contributed by atoms with E-state index in [1.807, 2.05) is 0 Å². The van der Waals surface area contributed by atoms with Gasteiger partial charge < -0.3 is 5.73 Å². The van der Waals surface area contributed by atoms with Crippen LogP contribution >= 0.6 is 0 Å². The van der Waals surface area contributed by atoms with E-state index in [0.717, 1.165) is 18.2 Å². The van der Waals surface area contributed by atoms with Gasteiger partial charge >= 0.3 is 0 Å². The van der Waals surface area contributed by atoms with Crippen LogP contribution in [0.2, 0.25) is 0 Å². The summed E-state index contributed by atoms with van der Waals surface area (Å²) in [6.45, 7) is 0.0162. The zero-order valence-corrected chi connectivity index (χ0v) is 11.7. The van der Waals surface area contributed by atoms with Crippen LogP contribution < -0.4 is 10.5 Å². The van der Waals surface area contributed by atoms with E-state index < -0.39 is 25.7 Å². The third kappa shape index (κ3) is 4.26. The lowest BCUT2D eigenvalue weighted by molar-refractivity contribution is -0.383. The molecule has 1 rings (SSSR count). The molecule has 0 heterocycles. The summed E-state index contributed by atoms with van der Waals surface area (Å²) in [6.07, 6.45) is 1.46. The summed E-state index contributed by atoms with van der Waals surface area (Å²) in [7, 11) is -4.92. The van der Waals surface area contributed by atoms with Crippen LogP contribution in [0.15, 0.2) is 23.1 Å². The molecule has 1 aromatic carbocycles. The second-order valence-electron chi connectivity index (χ2n) is 3.65. The number of rotatable bonds is 6. The van der Waals surface area contributed by atoms with Crippen LogP contribution in [0.4, 0.5) is 11.4 Å². The first kappa shape index (κ1) is 15.5. The van der Waals surface area contributed by atoms with Crippen molar-refractivity contribution in [2.75, 3.05) is 24.3 Å². The van der Waals surface area contributed by atoms with Gasteiger partial charge in [-0.3, -0.25) is 14.3 Å². The Morgan fingerprint density at radius 3 is 2.58 bits per heavy atom. The third-order valence-electron chi connectivity index (χ3n) is 2.19. The van der Waals surface area contributed by atoms with Crippen LogP contribution in [-0.2, 0) is 20.8 Å². The number of anilines is 1. The number of hydrogen-bond acceptors (Lipinski definition) is 6. The van der Waals surface area contributed by atoms with E-state index in [1.165, 1.54) is 6.26 Å². The molecule has 106 valence electrons. The van der Waals surface area contributed by atoms with Gasteiger partial charge in [0.15, 0.2) is 0 Å². The van der Waals surface area contributed by atoms with Gasteiger partial charge in [0.25, 0.3) is 5.69 Å². The second kappa shape index (κ2) is 6.08. The molecule has 0 fully saturated rings. The van der Waals surface area contributed by atoms with Gasteiger partial charge in [-0.05, 0) is 12.1 Å². The lowest BCUT2D eigenvalue weighted by Crippen LogP contribution is -2.27. The summed E-state index contributed by atoms with van der Waals surface area (Å²) in [5, 5.41) is 10.6. The Balaban J connectivity index is 2.93. The molecule has 1 aromatic rings. The number of hydrogen-bond donors (Lipinski definition) is 2. The van der Waals surface area contributed by atoms with Gasteiger partial charge in [-0.25, -0.2) is 13.1 Å². The topological polar surface area (TPSA) is 132 Å². The number of nitrogens with zero attached hydrogens (tertiary/aromatic N) is 1. The maximum atomic E-state index is 11.8. The van der Waals surface area contributed by atoms with Crippen molar-refractivity contribution in [3.63, 3.8) is 0 Å². The fourth-order valence-corrected chi connectivity index (χ4v) is 2.85. The summed E-state index contributed by atoms with van der Waals surface area (Å²) in [4.78, 5) is 9.69. The molecule has 3 N–H and O–H groups in total. The molecule has 0 bridgehead atoms. The van der Waals surface area contributed by atoms with Crippen molar-refractivity contribution in [2.24, 2.45) is 0 Å². The first-order chi connectivity index (χ1) is 8.74. The Kier molecular flexibility index (Phi) is 4.97. The van der Waals surface area contributed by atoms with Gasteiger partial charge in [0.1, 0.15) is 5.69 Å². The fraction of sp³-hybridized carbons (Fsp3) is 0.333. The molecule has 0 aromatic heterocycles. The molecule has 0 aliphatic heterocycles. The molecule has 0 saturated heterocycles. The monoisotopic (exact) mass is 307 g/mol. The molecule has 0 radical (unpaired) electrons. The summed E-state index contributed by atoms with van der Waals surface area (Å²) < 4.78 is 36.7. The van der Waals surface area contributed by atoms with Crippen molar-refractivity contribution in [1.29, 1.82) is 0 Å². The average Bonchev–Trinajstić information content (AvgIpc) is 2.27. The van der Waals surface area contributed by atoms with Crippen LogP contribution in [0.3, 0.4) is 0 Å². The van der Waals surface area contributed by atoms with Crippen molar-refractivity contribution < 1.29 is 17.6 Å². The third-order valence-corrected chi connectivity index (χ3v) is 4.43. The van der Waals surface area contributed by atoms with Gasteiger partial charge in [0.2, 0.25) is 10.0 Å². The predicted molar refractivity (Wildman–Crippen MR) is 71.6 cm³/mol. The first-order valence-electron chi connectivity index (χ1n) is 5.07. The smallest absolute Gasteiger partial charge is 0.292 e. The van der Waals surface area contributed by atoms with E-state index in [4.69, 9.17) is 5.73 Å². The minimum Gasteiger partial charge on any atom is -0.393 e. The van der Waals surface area contributed by atoms with Crippen molar-refractivity contribution in [1.82, 2.24) is 4.72 Å². The largest absolute Gasteiger partial charge is 0.393 e. The zero-order chi connectivity index (χ0) is 14.6. The number of nitrogens with two attached hydrogens (primary N) is 1. The molecule has 1 atom stereocenters. The Morgan fingerprint density at radius 1 is 1.47 bits per heavy atom. The number of nitrogen functional groups attached to an aromatic ring is 1. The van der Waals surface area contributed by atoms with E-state index >= 15 is 0 Å². The summed E-state index contributed by atoms with van der Waals surface area (Å²) in [5.41, 5.74) is 4.83. The standard InChI is InChI=1S/C9H13N3O5S2/c1-18(15)5-4-11-19(16,17)7-2-3-9(12(13)14)8(10)6-7/h2-3,6,11H,4-5,10H2,1H3. The van der Waals surface area contributed by atoms with Gasteiger partial charge in [-0.1, -0.05) is 0 Å². The minimum absolute atomic E-state index is 0.0162. The number of nitro groups is 1. The molecule has 8 nitrogen and oxygen atoms in total. The van der Waals surface area contributed by atoms with Crippen molar-refractivity contribution in [3.05, 3.63) is 28.3 Å². The minimum atomic E-state index is -3.81. The van der Waals surface area contributed by atoms with Crippen LogP contribution in [0.25, 0.3) is 0 Å². The van der Waals surface area contributed by atoms with Crippen molar-refractivity contribution >= 4 is 32.2 Å². The lowest BCUT2D eigenvalue weighted by Gasteiger charge is -2.06. The van der Waals surface area contributed by atoms with Gasteiger partial charge in [0.05, 0.1) is 9.82 Å². The SMILES string of the molecule is CS(=O)CCNS(=O)(=O)c1ccc([N+](=O)[O-])c(N)c1. The van der Waals surface area contributed by atoms with Crippen molar-refractivity contribution in [2.45, 2.75) is 4.90 Å². The molecule has 0 spiro atoms. The molecule has 1 unspecified atom stereocenters. The highest BCUT2D eigenvalue weighted by Crippen LogP contribution is 2.24. The van der Waals surface area contributed by atoms with E-state index in [-0.39, 0.29) is 28.6 Å². The Labute approximate surface area is 112 Å². The van der Waals surface area contributed by atoms with Crippen molar-refractivity contribution in [3.8, 4) is 0 Å².